The second-order valence-corrected chi connectivity index (χ2v) is 2.35. The minimum absolute atomic E-state index is 0. The molecule has 0 fully saturated rings. The number of carboxylic acid groups (broad SMARTS) is 2. The van der Waals surface area contributed by atoms with E-state index in [0.29, 0.717) is 0 Å². The molecule has 0 aromatic carbocycles. The Bertz CT molecular complexity index is 137. The fourth-order valence-electron chi connectivity index (χ4n) is 0.275. The van der Waals surface area contributed by atoms with E-state index in [9.17, 15) is 9.59 Å². The monoisotopic (exact) mass is 173 g/mol. The van der Waals surface area contributed by atoms with Gasteiger partial charge < -0.3 is 10.2 Å². The molecule has 0 amide bonds. The summed E-state index contributed by atoms with van der Waals surface area (Å²) in [5.41, 5.74) is -0.873. The molecular formula is C4H7NaO4P+. The van der Waals surface area contributed by atoms with Crippen LogP contribution in [0.5, 0.6) is 0 Å². The van der Waals surface area contributed by atoms with Crippen molar-refractivity contribution in [1.29, 1.82) is 0 Å². The Labute approximate surface area is 82.5 Å². The van der Waals surface area contributed by atoms with Gasteiger partial charge in [-0.25, -0.2) is 0 Å². The van der Waals surface area contributed by atoms with E-state index >= 15 is 0 Å². The molecule has 6 heteroatoms. The van der Waals surface area contributed by atoms with Crippen molar-refractivity contribution in [1.82, 2.24) is 0 Å². The Kier molecular flexibility index (Phi) is 7.93. The Morgan fingerprint density at radius 1 is 1.40 bits per heavy atom. The first-order chi connectivity index (χ1) is 4.04. The fraction of sp³-hybridized carbons (Fsp3) is 0.500. The molecule has 0 aliphatic heterocycles. The van der Waals surface area contributed by atoms with Crippen molar-refractivity contribution in [3.63, 3.8) is 0 Å². The minimum Gasteiger partial charge on any atom is -0.481 e. The average Bonchev–Trinajstić information content (AvgIpc) is 1.63. The zero-order chi connectivity index (χ0) is 7.44. The van der Waals surface area contributed by atoms with Crippen molar-refractivity contribution in [2.45, 2.75) is 12.1 Å². The molecule has 0 aromatic rings. The van der Waals surface area contributed by atoms with Crippen LogP contribution in [0.3, 0.4) is 0 Å². The van der Waals surface area contributed by atoms with Crippen molar-refractivity contribution in [3.05, 3.63) is 0 Å². The topological polar surface area (TPSA) is 74.6 Å². The zero-order valence-corrected chi connectivity index (χ0v) is 8.73. The van der Waals surface area contributed by atoms with Gasteiger partial charge in [0, 0.05) is 0 Å². The first-order valence-electron chi connectivity index (χ1n) is 2.24. The molecule has 0 aliphatic rings. The van der Waals surface area contributed by atoms with E-state index in [1.165, 1.54) is 0 Å². The molecule has 0 bridgehead atoms. The largest absolute Gasteiger partial charge is 1.00 e. The molecule has 0 radical (unpaired) electrons. The van der Waals surface area contributed by atoms with Crippen LogP contribution in [0.1, 0.15) is 6.42 Å². The normalized spacial score (nSPS) is 11.3. The fourth-order valence-corrected chi connectivity index (χ4v) is 0.477. The molecular weight excluding hydrogens is 166 g/mol. The van der Waals surface area contributed by atoms with Crippen LogP contribution in [-0.2, 0) is 9.59 Å². The first-order valence-corrected chi connectivity index (χ1v) is 2.91. The number of carbonyl (C=O) groups is 2. The molecule has 0 aromatic heterocycles. The quantitative estimate of drug-likeness (QED) is 0.348. The van der Waals surface area contributed by atoms with Gasteiger partial charge in [0.15, 0.2) is 0 Å². The average molecular weight is 173 g/mol. The predicted octanol–water partition coefficient (Wildman–Crippen LogP) is -3.21. The van der Waals surface area contributed by atoms with E-state index < -0.39 is 17.6 Å². The zero-order valence-electron chi connectivity index (χ0n) is 5.57. The van der Waals surface area contributed by atoms with Gasteiger partial charge in [-0.1, -0.05) is 0 Å². The van der Waals surface area contributed by atoms with Crippen LogP contribution in [0.4, 0.5) is 0 Å². The molecule has 0 spiro atoms. The van der Waals surface area contributed by atoms with Crippen molar-refractivity contribution >= 4 is 21.2 Å². The van der Waals surface area contributed by atoms with Gasteiger partial charge in [0.2, 0.25) is 0 Å². The molecule has 0 saturated heterocycles. The third kappa shape index (κ3) is 6.49. The first kappa shape index (κ1) is 13.0. The van der Waals surface area contributed by atoms with Crippen molar-refractivity contribution in [2.75, 3.05) is 0 Å². The van der Waals surface area contributed by atoms with E-state index in [0.717, 1.165) is 0 Å². The standard InChI is InChI=1S/C4H7O4P.Na/c5-3(6)1-2(9)4(7)8;/h2H,1,9H2,(H,5,6)(H,7,8);/q;+1. The van der Waals surface area contributed by atoms with Crippen LogP contribution < -0.4 is 29.6 Å². The Morgan fingerprint density at radius 2 is 1.80 bits per heavy atom. The molecule has 0 saturated carbocycles. The summed E-state index contributed by atoms with van der Waals surface area (Å²) in [6.45, 7) is 0. The maximum absolute atomic E-state index is 9.95. The number of carboxylic acids is 2. The van der Waals surface area contributed by atoms with Crippen LogP contribution in [-0.4, -0.2) is 27.8 Å². The molecule has 10 heavy (non-hydrogen) atoms. The van der Waals surface area contributed by atoms with E-state index in [1.54, 1.807) is 0 Å². The molecule has 4 nitrogen and oxygen atoms in total. The number of rotatable bonds is 3. The third-order valence-electron chi connectivity index (χ3n) is 0.712. The smallest absolute Gasteiger partial charge is 0.481 e. The Hall–Kier alpha value is 0.370. The van der Waals surface area contributed by atoms with Crippen LogP contribution in [0.2, 0.25) is 0 Å². The molecule has 2 unspecified atom stereocenters. The summed E-state index contributed by atoms with van der Waals surface area (Å²) in [5.74, 6) is -2.21. The Morgan fingerprint density at radius 3 is 1.90 bits per heavy atom. The van der Waals surface area contributed by atoms with Crippen molar-refractivity contribution in [3.8, 4) is 0 Å². The summed E-state index contributed by atoms with van der Waals surface area (Å²) in [6, 6.07) is 0. The summed E-state index contributed by atoms with van der Waals surface area (Å²) in [4.78, 5) is 19.8. The van der Waals surface area contributed by atoms with Gasteiger partial charge in [0.1, 0.15) is 0 Å². The van der Waals surface area contributed by atoms with Crippen LogP contribution in [0.15, 0.2) is 0 Å². The predicted molar refractivity (Wildman–Crippen MR) is 33.4 cm³/mol. The van der Waals surface area contributed by atoms with Gasteiger partial charge >= 0.3 is 41.5 Å². The van der Waals surface area contributed by atoms with Gasteiger partial charge in [-0.2, -0.15) is 0 Å². The Balaban J connectivity index is 0. The second-order valence-electron chi connectivity index (χ2n) is 1.54. The maximum atomic E-state index is 9.95. The molecule has 2 N–H and O–H groups in total. The van der Waals surface area contributed by atoms with E-state index in [-0.39, 0.29) is 36.0 Å². The summed E-state index contributed by atoms with van der Waals surface area (Å²) in [7, 11) is 1.94. The molecule has 0 aliphatic carbocycles. The third-order valence-corrected chi connectivity index (χ3v) is 1.23. The second kappa shape index (κ2) is 6.10. The molecule has 52 valence electrons. The minimum atomic E-state index is -1.11. The summed E-state index contributed by atoms with van der Waals surface area (Å²) >= 11 is 0. The van der Waals surface area contributed by atoms with Crippen molar-refractivity contribution < 1.29 is 49.4 Å². The van der Waals surface area contributed by atoms with Gasteiger partial charge in [0.05, 0.1) is 12.1 Å². The molecule has 0 heterocycles. The van der Waals surface area contributed by atoms with E-state index in [4.69, 9.17) is 10.2 Å². The van der Waals surface area contributed by atoms with Gasteiger partial charge in [-0.15, -0.1) is 9.24 Å². The van der Waals surface area contributed by atoms with E-state index in [2.05, 4.69) is 0 Å². The van der Waals surface area contributed by atoms with Gasteiger partial charge in [0.25, 0.3) is 0 Å². The maximum Gasteiger partial charge on any atom is 1.00 e. The summed E-state index contributed by atoms with van der Waals surface area (Å²) < 4.78 is 0. The van der Waals surface area contributed by atoms with Gasteiger partial charge in [-0.3, -0.25) is 9.59 Å². The SMILES string of the molecule is O=C(O)CC(P)C(=O)O.[Na+]. The number of hydrogen-bond acceptors (Lipinski definition) is 2. The summed E-state index contributed by atoms with van der Waals surface area (Å²) in [5, 5.41) is 16.2. The molecule has 0 rings (SSSR count). The van der Waals surface area contributed by atoms with Crippen LogP contribution in [0, 0.1) is 0 Å². The summed E-state index contributed by atoms with van der Waals surface area (Å²) in [6.07, 6.45) is -0.347. The molecule has 2 atom stereocenters. The van der Waals surface area contributed by atoms with Crippen LogP contribution >= 0.6 is 9.24 Å². The van der Waals surface area contributed by atoms with Gasteiger partial charge in [-0.05, 0) is 0 Å². The number of hydrogen-bond donors (Lipinski definition) is 2. The van der Waals surface area contributed by atoms with Crippen LogP contribution in [0.25, 0.3) is 0 Å². The van der Waals surface area contributed by atoms with Crippen molar-refractivity contribution in [2.24, 2.45) is 0 Å². The van der Waals surface area contributed by atoms with E-state index in [1.807, 2.05) is 9.24 Å². The number of aliphatic carboxylic acids is 2.